The highest BCUT2D eigenvalue weighted by Gasteiger charge is 2.15. The summed E-state index contributed by atoms with van der Waals surface area (Å²) in [5.41, 5.74) is 4.36. The molecule has 21 heavy (non-hydrogen) atoms. The standard InChI is InChI=1S/C17H14N4/c1-13-6-5-9-15(10-13)17-16(11-18)19-20-21(17)12-14-7-3-2-4-8-14/h2-10H,12H2,1H3. The molecule has 1 heterocycles. The highest BCUT2D eigenvalue weighted by Crippen LogP contribution is 2.23. The van der Waals surface area contributed by atoms with Crippen LogP contribution in [0.4, 0.5) is 0 Å². The van der Waals surface area contributed by atoms with Gasteiger partial charge in [-0.2, -0.15) is 5.26 Å². The molecule has 0 fully saturated rings. The minimum Gasteiger partial charge on any atom is -0.239 e. The molecule has 0 amide bonds. The molecule has 4 nitrogen and oxygen atoms in total. The van der Waals surface area contributed by atoms with Gasteiger partial charge < -0.3 is 0 Å². The predicted molar refractivity (Wildman–Crippen MR) is 80.5 cm³/mol. The van der Waals surface area contributed by atoms with Gasteiger partial charge in [-0.3, -0.25) is 0 Å². The second-order valence-corrected chi connectivity index (χ2v) is 4.91. The normalized spacial score (nSPS) is 10.3. The van der Waals surface area contributed by atoms with Crippen molar-refractivity contribution in [2.24, 2.45) is 0 Å². The van der Waals surface area contributed by atoms with E-state index in [-0.39, 0.29) is 0 Å². The molecular formula is C17H14N4. The fourth-order valence-corrected chi connectivity index (χ4v) is 2.33. The van der Waals surface area contributed by atoms with Gasteiger partial charge in [-0.25, -0.2) is 4.68 Å². The van der Waals surface area contributed by atoms with E-state index in [1.54, 1.807) is 4.68 Å². The van der Waals surface area contributed by atoms with Crippen molar-refractivity contribution < 1.29 is 0 Å². The molecule has 0 saturated heterocycles. The van der Waals surface area contributed by atoms with Crippen molar-refractivity contribution in [3.63, 3.8) is 0 Å². The quantitative estimate of drug-likeness (QED) is 0.737. The molecule has 3 aromatic rings. The first kappa shape index (κ1) is 13.1. The van der Waals surface area contributed by atoms with Crippen LogP contribution >= 0.6 is 0 Å². The predicted octanol–water partition coefficient (Wildman–Crippen LogP) is 3.17. The molecule has 102 valence electrons. The average Bonchev–Trinajstić information content (AvgIpc) is 2.91. The molecule has 0 spiro atoms. The van der Waals surface area contributed by atoms with Crippen LogP contribution in [0.25, 0.3) is 11.3 Å². The van der Waals surface area contributed by atoms with Crippen molar-refractivity contribution in [2.75, 3.05) is 0 Å². The van der Waals surface area contributed by atoms with E-state index in [2.05, 4.69) is 16.4 Å². The van der Waals surface area contributed by atoms with Gasteiger partial charge in [0.2, 0.25) is 0 Å². The first-order valence-corrected chi connectivity index (χ1v) is 6.72. The summed E-state index contributed by atoms with van der Waals surface area (Å²) in [4.78, 5) is 0. The SMILES string of the molecule is Cc1cccc(-c2c(C#N)nnn2Cc2ccccc2)c1. The highest BCUT2D eigenvalue weighted by atomic mass is 15.4. The second kappa shape index (κ2) is 5.59. The summed E-state index contributed by atoms with van der Waals surface area (Å²) in [5.74, 6) is 0. The van der Waals surface area contributed by atoms with E-state index in [4.69, 9.17) is 0 Å². The number of aryl methyl sites for hydroxylation is 1. The fraction of sp³-hybridized carbons (Fsp3) is 0.118. The Hall–Kier alpha value is -2.93. The lowest BCUT2D eigenvalue weighted by Crippen LogP contribution is -2.04. The lowest BCUT2D eigenvalue weighted by atomic mass is 10.1. The van der Waals surface area contributed by atoms with E-state index in [0.29, 0.717) is 12.2 Å². The van der Waals surface area contributed by atoms with Gasteiger partial charge >= 0.3 is 0 Å². The molecule has 0 unspecified atom stereocenters. The summed E-state index contributed by atoms with van der Waals surface area (Å²) < 4.78 is 1.78. The van der Waals surface area contributed by atoms with Crippen molar-refractivity contribution in [3.05, 3.63) is 71.4 Å². The molecule has 0 saturated carbocycles. The van der Waals surface area contributed by atoms with Gasteiger partial charge in [0.05, 0.1) is 6.54 Å². The molecule has 0 aliphatic rings. The Morgan fingerprint density at radius 1 is 1.10 bits per heavy atom. The molecule has 0 aliphatic heterocycles. The van der Waals surface area contributed by atoms with Crippen molar-refractivity contribution in [1.82, 2.24) is 15.0 Å². The molecule has 0 N–H and O–H groups in total. The number of nitrogens with zero attached hydrogens (tertiary/aromatic N) is 4. The van der Waals surface area contributed by atoms with Crippen LogP contribution in [0, 0.1) is 18.3 Å². The van der Waals surface area contributed by atoms with Crippen molar-refractivity contribution >= 4 is 0 Å². The minimum atomic E-state index is 0.358. The summed E-state index contributed by atoms with van der Waals surface area (Å²) in [7, 11) is 0. The summed E-state index contributed by atoms with van der Waals surface area (Å²) in [6.45, 7) is 2.62. The van der Waals surface area contributed by atoms with E-state index < -0.39 is 0 Å². The van der Waals surface area contributed by atoms with Crippen molar-refractivity contribution in [3.8, 4) is 17.3 Å². The number of rotatable bonds is 3. The maximum absolute atomic E-state index is 9.26. The molecule has 0 atom stereocenters. The molecule has 0 radical (unpaired) electrons. The summed E-state index contributed by atoms with van der Waals surface area (Å²) in [6, 6.07) is 20.2. The largest absolute Gasteiger partial charge is 0.239 e. The fourth-order valence-electron chi connectivity index (χ4n) is 2.33. The van der Waals surface area contributed by atoms with Crippen LogP contribution < -0.4 is 0 Å². The zero-order chi connectivity index (χ0) is 14.7. The smallest absolute Gasteiger partial charge is 0.190 e. The monoisotopic (exact) mass is 274 g/mol. The summed E-state index contributed by atoms with van der Waals surface area (Å²) in [5, 5.41) is 17.4. The Labute approximate surface area is 123 Å². The van der Waals surface area contributed by atoms with E-state index in [0.717, 1.165) is 22.4 Å². The molecule has 3 rings (SSSR count). The van der Waals surface area contributed by atoms with Crippen molar-refractivity contribution in [1.29, 1.82) is 5.26 Å². The second-order valence-electron chi connectivity index (χ2n) is 4.91. The van der Waals surface area contributed by atoms with Gasteiger partial charge in [0.15, 0.2) is 5.69 Å². The number of benzene rings is 2. The van der Waals surface area contributed by atoms with Crippen LogP contribution in [0.1, 0.15) is 16.8 Å². The van der Waals surface area contributed by atoms with Crippen LogP contribution in [-0.2, 0) is 6.54 Å². The Bertz CT molecular complexity index is 797. The van der Waals surface area contributed by atoms with E-state index >= 15 is 0 Å². The van der Waals surface area contributed by atoms with Gasteiger partial charge in [-0.05, 0) is 18.6 Å². The van der Waals surface area contributed by atoms with Crippen LogP contribution in [0.3, 0.4) is 0 Å². The molecule has 2 aromatic carbocycles. The highest BCUT2D eigenvalue weighted by molar-refractivity contribution is 5.65. The minimum absolute atomic E-state index is 0.358. The summed E-state index contributed by atoms with van der Waals surface area (Å²) >= 11 is 0. The van der Waals surface area contributed by atoms with Crippen LogP contribution in [0.2, 0.25) is 0 Å². The lowest BCUT2D eigenvalue weighted by Gasteiger charge is -2.07. The lowest BCUT2D eigenvalue weighted by molar-refractivity contribution is 0.655. The third-order valence-corrected chi connectivity index (χ3v) is 3.31. The van der Waals surface area contributed by atoms with E-state index in [1.165, 1.54) is 0 Å². The topological polar surface area (TPSA) is 54.5 Å². The van der Waals surface area contributed by atoms with Crippen LogP contribution in [-0.4, -0.2) is 15.0 Å². The Morgan fingerprint density at radius 3 is 2.62 bits per heavy atom. The number of nitriles is 1. The molecule has 4 heteroatoms. The molecule has 1 aromatic heterocycles. The van der Waals surface area contributed by atoms with Gasteiger partial charge in [0.25, 0.3) is 0 Å². The van der Waals surface area contributed by atoms with E-state index in [1.807, 2.05) is 61.5 Å². The molecule has 0 aliphatic carbocycles. The van der Waals surface area contributed by atoms with Gasteiger partial charge in [0, 0.05) is 5.56 Å². The van der Waals surface area contributed by atoms with Gasteiger partial charge in [-0.1, -0.05) is 59.3 Å². The Morgan fingerprint density at radius 2 is 1.90 bits per heavy atom. The Kier molecular flexibility index (Phi) is 3.48. The summed E-state index contributed by atoms with van der Waals surface area (Å²) in [6.07, 6.45) is 0. The first-order valence-electron chi connectivity index (χ1n) is 6.72. The number of hydrogen-bond donors (Lipinski definition) is 0. The molecular weight excluding hydrogens is 260 g/mol. The first-order chi connectivity index (χ1) is 10.3. The third kappa shape index (κ3) is 2.67. The van der Waals surface area contributed by atoms with Gasteiger partial charge in [0.1, 0.15) is 11.8 Å². The van der Waals surface area contributed by atoms with E-state index in [9.17, 15) is 5.26 Å². The maximum Gasteiger partial charge on any atom is 0.190 e. The van der Waals surface area contributed by atoms with Crippen LogP contribution in [0.15, 0.2) is 54.6 Å². The zero-order valence-electron chi connectivity index (χ0n) is 11.7. The zero-order valence-corrected chi connectivity index (χ0v) is 11.7. The molecule has 0 bridgehead atoms. The van der Waals surface area contributed by atoms with Crippen molar-refractivity contribution in [2.45, 2.75) is 13.5 Å². The average molecular weight is 274 g/mol. The number of aromatic nitrogens is 3. The number of hydrogen-bond acceptors (Lipinski definition) is 3. The van der Waals surface area contributed by atoms with Crippen LogP contribution in [0.5, 0.6) is 0 Å². The maximum atomic E-state index is 9.26. The Balaban J connectivity index is 2.07. The third-order valence-electron chi connectivity index (χ3n) is 3.31. The van der Waals surface area contributed by atoms with Gasteiger partial charge in [-0.15, -0.1) is 5.10 Å².